The second-order valence-electron chi connectivity index (χ2n) is 4.59. The molecule has 18 heavy (non-hydrogen) atoms. The van der Waals surface area contributed by atoms with Gasteiger partial charge in [-0.3, -0.25) is 4.79 Å². The molecule has 98 valence electrons. The maximum atomic E-state index is 12.3. The number of aryl methyl sites for hydroxylation is 1. The van der Waals surface area contributed by atoms with Crippen molar-refractivity contribution in [3.05, 3.63) is 10.6 Å². The van der Waals surface area contributed by atoms with Gasteiger partial charge in [-0.15, -0.1) is 5.10 Å². The Labute approximate surface area is 109 Å². The molecule has 3 heterocycles. The molecule has 1 spiro atoms. The van der Waals surface area contributed by atoms with Gasteiger partial charge in [-0.1, -0.05) is 4.49 Å². The molecule has 2 saturated heterocycles. The number of aromatic nitrogens is 2. The average Bonchev–Trinajstić information content (AvgIpc) is 2.99. The standard InChI is InChI=1S/C11H15N3O3S/c1-8-9(18-13-12-8)10(15)14-4-2-11(3-5-14)16-6-7-17-11/h2-7H2,1H3. The summed E-state index contributed by atoms with van der Waals surface area (Å²) >= 11 is 1.16. The third-order valence-corrected chi connectivity index (χ3v) is 4.29. The van der Waals surface area contributed by atoms with E-state index in [-0.39, 0.29) is 5.91 Å². The minimum Gasteiger partial charge on any atom is -0.347 e. The molecule has 2 fully saturated rings. The molecule has 0 aromatic carbocycles. The first-order valence-electron chi connectivity index (χ1n) is 6.06. The Kier molecular flexibility index (Phi) is 3.04. The quantitative estimate of drug-likeness (QED) is 0.755. The Morgan fingerprint density at radius 1 is 1.33 bits per heavy atom. The molecular weight excluding hydrogens is 254 g/mol. The predicted molar refractivity (Wildman–Crippen MR) is 64.4 cm³/mol. The van der Waals surface area contributed by atoms with Crippen LogP contribution >= 0.6 is 11.5 Å². The van der Waals surface area contributed by atoms with Crippen molar-refractivity contribution in [3.8, 4) is 0 Å². The number of rotatable bonds is 1. The maximum Gasteiger partial charge on any atom is 0.267 e. The highest BCUT2D eigenvalue weighted by Gasteiger charge is 2.41. The summed E-state index contributed by atoms with van der Waals surface area (Å²) < 4.78 is 15.1. The van der Waals surface area contributed by atoms with Crippen molar-refractivity contribution in [2.45, 2.75) is 25.6 Å². The van der Waals surface area contributed by atoms with Crippen LogP contribution in [-0.4, -0.2) is 52.5 Å². The molecule has 2 aliphatic rings. The summed E-state index contributed by atoms with van der Waals surface area (Å²) in [5, 5.41) is 3.88. The molecular formula is C11H15N3O3S. The highest BCUT2D eigenvalue weighted by molar-refractivity contribution is 7.07. The SMILES string of the molecule is Cc1nnsc1C(=O)N1CCC2(CC1)OCCO2. The number of likely N-dealkylation sites (tertiary alicyclic amines) is 1. The smallest absolute Gasteiger partial charge is 0.267 e. The summed E-state index contributed by atoms with van der Waals surface area (Å²) in [5.41, 5.74) is 0.707. The Balaban J connectivity index is 1.66. The second kappa shape index (κ2) is 4.56. The van der Waals surface area contributed by atoms with Crippen LogP contribution in [0.5, 0.6) is 0 Å². The monoisotopic (exact) mass is 269 g/mol. The van der Waals surface area contributed by atoms with E-state index in [1.807, 2.05) is 11.8 Å². The van der Waals surface area contributed by atoms with E-state index in [0.29, 0.717) is 36.9 Å². The Hall–Kier alpha value is -1.05. The zero-order valence-electron chi connectivity index (χ0n) is 10.2. The van der Waals surface area contributed by atoms with Gasteiger partial charge in [-0.2, -0.15) is 0 Å². The van der Waals surface area contributed by atoms with E-state index in [4.69, 9.17) is 9.47 Å². The summed E-state index contributed by atoms with van der Waals surface area (Å²) in [4.78, 5) is 14.7. The average molecular weight is 269 g/mol. The lowest BCUT2D eigenvalue weighted by atomic mass is 10.0. The van der Waals surface area contributed by atoms with Gasteiger partial charge < -0.3 is 14.4 Å². The fourth-order valence-electron chi connectivity index (χ4n) is 2.41. The number of amides is 1. The summed E-state index contributed by atoms with van der Waals surface area (Å²) in [5.74, 6) is -0.409. The molecule has 0 unspecified atom stereocenters. The van der Waals surface area contributed by atoms with E-state index in [1.54, 1.807) is 0 Å². The minimum absolute atomic E-state index is 0.0235. The first-order valence-corrected chi connectivity index (χ1v) is 6.84. The van der Waals surface area contributed by atoms with Crippen molar-refractivity contribution in [2.75, 3.05) is 26.3 Å². The van der Waals surface area contributed by atoms with Gasteiger partial charge in [0.2, 0.25) is 0 Å². The number of hydrogen-bond acceptors (Lipinski definition) is 6. The molecule has 1 aromatic heterocycles. The topological polar surface area (TPSA) is 64.6 Å². The highest BCUT2D eigenvalue weighted by atomic mass is 32.1. The van der Waals surface area contributed by atoms with E-state index in [1.165, 1.54) is 0 Å². The van der Waals surface area contributed by atoms with Gasteiger partial charge >= 0.3 is 0 Å². The van der Waals surface area contributed by atoms with Crippen LogP contribution in [0.15, 0.2) is 0 Å². The number of hydrogen-bond donors (Lipinski definition) is 0. The fraction of sp³-hybridized carbons (Fsp3) is 0.727. The molecule has 1 aromatic rings. The van der Waals surface area contributed by atoms with E-state index < -0.39 is 5.79 Å². The molecule has 0 saturated carbocycles. The first kappa shape index (κ1) is 12.0. The van der Waals surface area contributed by atoms with E-state index in [2.05, 4.69) is 9.59 Å². The number of carbonyl (C=O) groups is 1. The fourth-order valence-corrected chi connectivity index (χ4v) is 3.03. The van der Waals surface area contributed by atoms with Gasteiger partial charge in [0.15, 0.2) is 5.79 Å². The molecule has 2 aliphatic heterocycles. The van der Waals surface area contributed by atoms with E-state index in [0.717, 1.165) is 24.4 Å². The van der Waals surface area contributed by atoms with Crippen molar-refractivity contribution in [3.63, 3.8) is 0 Å². The summed E-state index contributed by atoms with van der Waals surface area (Å²) in [6.45, 7) is 4.45. The first-order chi connectivity index (χ1) is 8.70. The molecule has 7 heteroatoms. The third-order valence-electron chi connectivity index (χ3n) is 3.47. The van der Waals surface area contributed by atoms with Crippen LogP contribution < -0.4 is 0 Å². The molecule has 0 bridgehead atoms. The van der Waals surface area contributed by atoms with Crippen LogP contribution in [0.4, 0.5) is 0 Å². The minimum atomic E-state index is -0.433. The molecule has 0 aliphatic carbocycles. The van der Waals surface area contributed by atoms with Crippen LogP contribution in [0.1, 0.15) is 28.2 Å². The van der Waals surface area contributed by atoms with Crippen LogP contribution in [0.3, 0.4) is 0 Å². The Morgan fingerprint density at radius 2 is 2.00 bits per heavy atom. The van der Waals surface area contributed by atoms with Crippen molar-refractivity contribution < 1.29 is 14.3 Å². The van der Waals surface area contributed by atoms with Gasteiger partial charge in [-0.05, 0) is 18.5 Å². The maximum absolute atomic E-state index is 12.3. The number of piperidine rings is 1. The van der Waals surface area contributed by atoms with Gasteiger partial charge in [-0.25, -0.2) is 0 Å². The molecule has 0 N–H and O–H groups in total. The van der Waals surface area contributed by atoms with Crippen molar-refractivity contribution in [1.82, 2.24) is 14.5 Å². The zero-order chi connectivity index (χ0) is 12.6. The molecule has 0 atom stereocenters. The lowest BCUT2D eigenvalue weighted by Gasteiger charge is -2.37. The van der Waals surface area contributed by atoms with Crippen molar-refractivity contribution >= 4 is 17.4 Å². The Bertz CT molecular complexity index is 446. The molecule has 6 nitrogen and oxygen atoms in total. The number of nitrogens with zero attached hydrogens (tertiary/aromatic N) is 3. The largest absolute Gasteiger partial charge is 0.347 e. The normalized spacial score (nSPS) is 22.6. The lowest BCUT2D eigenvalue weighted by Crippen LogP contribution is -2.47. The lowest BCUT2D eigenvalue weighted by molar-refractivity contribution is -0.181. The number of ether oxygens (including phenoxy) is 2. The van der Waals surface area contributed by atoms with Gasteiger partial charge in [0, 0.05) is 25.9 Å². The van der Waals surface area contributed by atoms with Crippen molar-refractivity contribution in [2.24, 2.45) is 0 Å². The molecule has 1 amide bonds. The van der Waals surface area contributed by atoms with Crippen LogP contribution in [0, 0.1) is 6.92 Å². The zero-order valence-corrected chi connectivity index (χ0v) is 11.0. The second-order valence-corrected chi connectivity index (χ2v) is 5.34. The van der Waals surface area contributed by atoms with Crippen LogP contribution in [-0.2, 0) is 9.47 Å². The van der Waals surface area contributed by atoms with Crippen LogP contribution in [0.25, 0.3) is 0 Å². The molecule has 0 radical (unpaired) electrons. The van der Waals surface area contributed by atoms with Crippen LogP contribution in [0.2, 0.25) is 0 Å². The summed E-state index contributed by atoms with van der Waals surface area (Å²) in [6.07, 6.45) is 1.48. The predicted octanol–water partition coefficient (Wildman–Crippen LogP) is 0.826. The van der Waals surface area contributed by atoms with Gasteiger partial charge in [0.25, 0.3) is 5.91 Å². The van der Waals surface area contributed by atoms with E-state index in [9.17, 15) is 4.79 Å². The van der Waals surface area contributed by atoms with E-state index >= 15 is 0 Å². The summed E-state index contributed by atoms with van der Waals surface area (Å²) in [6, 6.07) is 0. The third kappa shape index (κ3) is 2.02. The molecule has 3 rings (SSSR count). The van der Waals surface area contributed by atoms with Gasteiger partial charge in [0.1, 0.15) is 4.88 Å². The van der Waals surface area contributed by atoms with Crippen molar-refractivity contribution in [1.29, 1.82) is 0 Å². The van der Waals surface area contributed by atoms with Gasteiger partial charge in [0.05, 0.1) is 18.9 Å². The Morgan fingerprint density at radius 3 is 2.56 bits per heavy atom. The number of carbonyl (C=O) groups excluding carboxylic acids is 1. The highest BCUT2D eigenvalue weighted by Crippen LogP contribution is 2.32. The summed E-state index contributed by atoms with van der Waals surface area (Å²) in [7, 11) is 0.